The lowest BCUT2D eigenvalue weighted by atomic mass is 9.95. The van der Waals surface area contributed by atoms with E-state index in [9.17, 15) is 18.4 Å². The van der Waals surface area contributed by atoms with Crippen molar-refractivity contribution in [2.24, 2.45) is 17.8 Å². The number of nitrogens with zero attached hydrogens (tertiary/aromatic N) is 3. The normalized spacial score (nSPS) is 27.9. The summed E-state index contributed by atoms with van der Waals surface area (Å²) in [5.74, 6) is -2.29. The number of rotatable bonds is 8. The van der Waals surface area contributed by atoms with Crippen molar-refractivity contribution in [1.82, 2.24) is 20.0 Å². The van der Waals surface area contributed by atoms with E-state index in [1.807, 2.05) is 9.80 Å². The molecule has 0 aromatic heterocycles. The first-order valence-electron chi connectivity index (χ1n) is 14.7. The molecule has 0 bridgehead atoms. The second kappa shape index (κ2) is 12.4. The topological polar surface area (TPSA) is 74.4 Å². The zero-order valence-electron chi connectivity index (χ0n) is 23.7. The highest BCUT2D eigenvalue weighted by atomic mass is 19.3. The lowest BCUT2D eigenvalue weighted by Gasteiger charge is -2.47. The summed E-state index contributed by atoms with van der Waals surface area (Å²) in [4.78, 5) is 32.9. The Morgan fingerprint density at radius 2 is 1.61 bits per heavy atom. The van der Waals surface area contributed by atoms with Gasteiger partial charge in [-0.2, -0.15) is 0 Å². The largest absolute Gasteiger partial charge is 0.349 e. The SMILES string of the molecule is CC(C)CC(C(=O)N1CCC2(CC1)OCC(CN1CCC(F)(F)CC1)CO2)N1CCN[C@@H](CC(C)C)C1=O. The molecule has 1 N–H and O–H groups in total. The number of carbonyl (C=O) groups excluding carboxylic acids is 2. The monoisotopic (exact) mass is 542 g/mol. The molecule has 218 valence electrons. The number of hydrogen-bond acceptors (Lipinski definition) is 6. The molecule has 0 aliphatic carbocycles. The average molecular weight is 543 g/mol. The minimum atomic E-state index is -2.53. The highest BCUT2D eigenvalue weighted by Gasteiger charge is 2.45. The van der Waals surface area contributed by atoms with Crippen LogP contribution in [0.25, 0.3) is 0 Å². The zero-order valence-corrected chi connectivity index (χ0v) is 23.7. The number of halogens is 2. The van der Waals surface area contributed by atoms with Crippen LogP contribution in [-0.2, 0) is 19.1 Å². The van der Waals surface area contributed by atoms with Crippen LogP contribution in [0.2, 0.25) is 0 Å². The summed E-state index contributed by atoms with van der Waals surface area (Å²) in [7, 11) is 0. The van der Waals surface area contributed by atoms with E-state index < -0.39 is 17.8 Å². The lowest BCUT2D eigenvalue weighted by molar-refractivity contribution is -0.299. The fourth-order valence-electron chi connectivity index (χ4n) is 6.26. The molecule has 0 radical (unpaired) electrons. The molecule has 4 fully saturated rings. The van der Waals surface area contributed by atoms with Gasteiger partial charge in [-0.25, -0.2) is 8.78 Å². The maximum Gasteiger partial charge on any atom is 0.250 e. The van der Waals surface area contributed by atoms with E-state index in [2.05, 4.69) is 37.9 Å². The number of nitrogens with one attached hydrogen (secondary N) is 1. The van der Waals surface area contributed by atoms with Gasteiger partial charge in [-0.3, -0.25) is 9.59 Å². The van der Waals surface area contributed by atoms with Crippen LogP contribution < -0.4 is 5.32 Å². The Kier molecular flexibility index (Phi) is 9.69. The highest BCUT2D eigenvalue weighted by Crippen LogP contribution is 2.34. The fraction of sp³-hybridized carbons (Fsp3) is 0.929. The number of piperazine rings is 1. The number of likely N-dealkylation sites (tertiary alicyclic amines) is 2. The molecule has 1 unspecified atom stereocenters. The van der Waals surface area contributed by atoms with Crippen molar-refractivity contribution in [1.29, 1.82) is 0 Å². The van der Waals surface area contributed by atoms with Crippen molar-refractivity contribution in [3.63, 3.8) is 0 Å². The lowest BCUT2D eigenvalue weighted by Crippen LogP contribution is -2.63. The van der Waals surface area contributed by atoms with Crippen LogP contribution in [0.3, 0.4) is 0 Å². The number of amides is 2. The first-order valence-corrected chi connectivity index (χ1v) is 14.7. The quantitative estimate of drug-likeness (QED) is 0.509. The summed E-state index contributed by atoms with van der Waals surface area (Å²) in [5.41, 5.74) is 0. The van der Waals surface area contributed by atoms with Gasteiger partial charge >= 0.3 is 0 Å². The number of ether oxygens (including phenoxy) is 2. The summed E-state index contributed by atoms with van der Waals surface area (Å²) >= 11 is 0. The van der Waals surface area contributed by atoms with Gasteiger partial charge in [0.25, 0.3) is 5.92 Å². The minimum absolute atomic E-state index is 0.0303. The van der Waals surface area contributed by atoms with Crippen LogP contribution in [0.5, 0.6) is 0 Å². The number of carbonyl (C=O) groups is 2. The maximum absolute atomic E-state index is 13.8. The smallest absolute Gasteiger partial charge is 0.250 e. The van der Waals surface area contributed by atoms with Crippen molar-refractivity contribution < 1.29 is 27.8 Å². The van der Waals surface area contributed by atoms with E-state index in [0.29, 0.717) is 90.1 Å². The van der Waals surface area contributed by atoms with Gasteiger partial charge in [0.05, 0.1) is 19.3 Å². The summed E-state index contributed by atoms with van der Waals surface area (Å²) in [6.07, 6.45) is 2.46. The second-order valence-corrected chi connectivity index (χ2v) is 12.7. The molecule has 8 nitrogen and oxygen atoms in total. The standard InChI is InChI=1S/C28H48F2N4O4/c1-20(2)15-23-25(35)34(14-9-31-23)24(16-21(3)4)26(36)33-12-7-28(8-13-33)37-18-22(19-38-28)17-32-10-5-27(29,30)6-11-32/h20-24,31H,5-19H2,1-4H3/t23-,24?/m0/s1. The molecule has 2 atom stereocenters. The number of alkyl halides is 2. The average Bonchev–Trinajstić information content (AvgIpc) is 2.86. The van der Waals surface area contributed by atoms with Crippen LogP contribution in [0.4, 0.5) is 8.78 Å². The number of hydrogen-bond donors (Lipinski definition) is 1. The van der Waals surface area contributed by atoms with Gasteiger partial charge in [-0.05, 0) is 24.7 Å². The van der Waals surface area contributed by atoms with Gasteiger partial charge in [0.15, 0.2) is 5.79 Å². The summed E-state index contributed by atoms with van der Waals surface area (Å²) in [6.45, 7) is 13.4. The van der Waals surface area contributed by atoms with Crippen LogP contribution in [-0.4, -0.2) is 109 Å². The molecule has 1 spiro atoms. The summed E-state index contributed by atoms with van der Waals surface area (Å²) in [5, 5.41) is 3.34. The summed E-state index contributed by atoms with van der Waals surface area (Å²) < 4.78 is 39.4. The third kappa shape index (κ3) is 7.43. The molecule has 4 aliphatic rings. The molecule has 10 heteroatoms. The predicted octanol–water partition coefficient (Wildman–Crippen LogP) is 2.96. The Morgan fingerprint density at radius 3 is 2.18 bits per heavy atom. The van der Waals surface area contributed by atoms with Crippen LogP contribution in [0.15, 0.2) is 0 Å². The first kappa shape index (κ1) is 29.6. The van der Waals surface area contributed by atoms with Gasteiger partial charge in [-0.1, -0.05) is 27.7 Å². The van der Waals surface area contributed by atoms with Crippen LogP contribution >= 0.6 is 0 Å². The van der Waals surface area contributed by atoms with Gasteiger partial charge < -0.3 is 29.5 Å². The van der Waals surface area contributed by atoms with E-state index >= 15 is 0 Å². The molecular formula is C28H48F2N4O4. The predicted molar refractivity (Wildman–Crippen MR) is 141 cm³/mol. The molecule has 2 amide bonds. The Bertz CT molecular complexity index is 799. The van der Waals surface area contributed by atoms with Crippen LogP contribution in [0, 0.1) is 17.8 Å². The molecule has 4 saturated heterocycles. The fourth-order valence-corrected chi connectivity index (χ4v) is 6.26. The first-order chi connectivity index (χ1) is 18.0. The molecule has 4 rings (SSSR count). The molecule has 0 aromatic carbocycles. The summed E-state index contributed by atoms with van der Waals surface area (Å²) in [6, 6.07) is -0.669. The third-order valence-electron chi connectivity index (χ3n) is 8.49. The Balaban J connectivity index is 1.29. The van der Waals surface area contributed by atoms with Gasteiger partial charge in [0.2, 0.25) is 11.8 Å². The second-order valence-electron chi connectivity index (χ2n) is 12.7. The van der Waals surface area contributed by atoms with E-state index in [1.54, 1.807) is 0 Å². The Morgan fingerprint density at radius 1 is 0.974 bits per heavy atom. The van der Waals surface area contributed by atoms with Crippen molar-refractivity contribution in [3.05, 3.63) is 0 Å². The highest BCUT2D eigenvalue weighted by molar-refractivity contribution is 5.90. The van der Waals surface area contributed by atoms with E-state index in [1.165, 1.54) is 0 Å². The molecule has 4 heterocycles. The maximum atomic E-state index is 13.8. The molecule has 0 aromatic rings. The van der Waals surface area contributed by atoms with Crippen LogP contribution in [0.1, 0.15) is 66.2 Å². The van der Waals surface area contributed by atoms with Crippen molar-refractivity contribution in [3.8, 4) is 0 Å². The van der Waals surface area contributed by atoms with E-state index in [4.69, 9.17) is 9.47 Å². The van der Waals surface area contributed by atoms with Crippen molar-refractivity contribution in [2.75, 3.05) is 59.0 Å². The Hall–Kier alpha value is -1.36. The van der Waals surface area contributed by atoms with Gasteiger partial charge in [0, 0.05) is 77.4 Å². The van der Waals surface area contributed by atoms with Crippen molar-refractivity contribution >= 4 is 11.8 Å². The Labute approximate surface area is 226 Å². The number of piperidine rings is 2. The third-order valence-corrected chi connectivity index (χ3v) is 8.49. The molecule has 0 saturated carbocycles. The molecular weight excluding hydrogens is 494 g/mol. The van der Waals surface area contributed by atoms with E-state index in [-0.39, 0.29) is 36.6 Å². The molecule has 38 heavy (non-hydrogen) atoms. The molecule has 4 aliphatic heterocycles. The minimum Gasteiger partial charge on any atom is -0.349 e. The van der Waals surface area contributed by atoms with E-state index in [0.717, 1.165) is 6.42 Å². The van der Waals surface area contributed by atoms with Crippen molar-refractivity contribution in [2.45, 2.75) is 90.0 Å². The zero-order chi connectivity index (χ0) is 27.5. The van der Waals surface area contributed by atoms with Gasteiger partial charge in [-0.15, -0.1) is 0 Å². The van der Waals surface area contributed by atoms with Gasteiger partial charge in [0.1, 0.15) is 6.04 Å².